The second kappa shape index (κ2) is 6.89. The quantitative estimate of drug-likeness (QED) is 0.859. The predicted octanol–water partition coefficient (Wildman–Crippen LogP) is 2.65. The number of rotatable bonds is 5. The van der Waals surface area contributed by atoms with Crippen molar-refractivity contribution in [2.45, 2.75) is 27.2 Å². The SMILES string of the molecule is CCc1ccccc1NC(=O)COC(=O)c1c(C)noc1C. The molecule has 0 bridgehead atoms. The average molecular weight is 302 g/mol. The summed E-state index contributed by atoms with van der Waals surface area (Å²) in [7, 11) is 0. The summed E-state index contributed by atoms with van der Waals surface area (Å²) in [5.41, 5.74) is 2.46. The van der Waals surface area contributed by atoms with E-state index < -0.39 is 5.97 Å². The van der Waals surface area contributed by atoms with Crippen LogP contribution in [0.1, 0.15) is 34.3 Å². The van der Waals surface area contributed by atoms with E-state index in [1.807, 2.05) is 31.2 Å². The van der Waals surface area contributed by atoms with Crippen LogP contribution in [-0.4, -0.2) is 23.6 Å². The van der Waals surface area contributed by atoms with E-state index in [1.165, 1.54) is 0 Å². The Morgan fingerprint density at radius 3 is 2.64 bits per heavy atom. The van der Waals surface area contributed by atoms with Gasteiger partial charge in [-0.1, -0.05) is 30.3 Å². The molecule has 6 heteroatoms. The number of anilines is 1. The molecule has 0 unspecified atom stereocenters. The molecule has 1 amide bonds. The van der Waals surface area contributed by atoms with Crippen LogP contribution in [0, 0.1) is 13.8 Å². The minimum atomic E-state index is -0.616. The number of nitrogens with one attached hydrogen (secondary N) is 1. The van der Waals surface area contributed by atoms with E-state index in [1.54, 1.807) is 13.8 Å². The van der Waals surface area contributed by atoms with Gasteiger partial charge < -0.3 is 14.6 Å². The molecular formula is C16H18N2O4. The zero-order valence-corrected chi connectivity index (χ0v) is 12.8. The van der Waals surface area contributed by atoms with Crippen molar-refractivity contribution in [3.05, 3.63) is 46.8 Å². The number of ether oxygens (including phenoxy) is 1. The fraction of sp³-hybridized carbons (Fsp3) is 0.312. The van der Waals surface area contributed by atoms with Crippen LogP contribution in [0.5, 0.6) is 0 Å². The summed E-state index contributed by atoms with van der Waals surface area (Å²) in [6, 6.07) is 7.49. The lowest BCUT2D eigenvalue weighted by Gasteiger charge is -2.09. The first-order chi connectivity index (χ1) is 10.5. The summed E-state index contributed by atoms with van der Waals surface area (Å²) in [5, 5.41) is 6.41. The second-order valence-corrected chi connectivity index (χ2v) is 4.83. The normalized spacial score (nSPS) is 10.3. The highest BCUT2D eigenvalue weighted by molar-refractivity contribution is 5.96. The Labute approximate surface area is 128 Å². The fourth-order valence-electron chi connectivity index (χ4n) is 2.11. The Morgan fingerprint density at radius 2 is 2.00 bits per heavy atom. The molecule has 1 aromatic heterocycles. The van der Waals surface area contributed by atoms with E-state index in [-0.39, 0.29) is 18.1 Å². The first kappa shape index (κ1) is 15.8. The van der Waals surface area contributed by atoms with Gasteiger partial charge in [0, 0.05) is 5.69 Å². The number of aryl methyl sites for hydroxylation is 3. The summed E-state index contributed by atoms with van der Waals surface area (Å²) < 4.78 is 9.90. The number of benzene rings is 1. The number of nitrogens with zero attached hydrogens (tertiary/aromatic N) is 1. The van der Waals surface area contributed by atoms with Crippen molar-refractivity contribution in [3.8, 4) is 0 Å². The van der Waals surface area contributed by atoms with Crippen LogP contribution in [0.15, 0.2) is 28.8 Å². The van der Waals surface area contributed by atoms with Crippen LogP contribution in [0.3, 0.4) is 0 Å². The highest BCUT2D eigenvalue weighted by Crippen LogP contribution is 2.16. The smallest absolute Gasteiger partial charge is 0.344 e. The Balaban J connectivity index is 1.94. The fourth-order valence-corrected chi connectivity index (χ4v) is 2.11. The number of hydrogen-bond donors (Lipinski definition) is 1. The van der Waals surface area contributed by atoms with Crippen LogP contribution in [0.25, 0.3) is 0 Å². The zero-order chi connectivity index (χ0) is 16.1. The summed E-state index contributed by atoms with van der Waals surface area (Å²) in [6.45, 7) is 4.90. The molecule has 1 heterocycles. The van der Waals surface area contributed by atoms with Gasteiger partial charge in [-0.2, -0.15) is 0 Å². The summed E-state index contributed by atoms with van der Waals surface area (Å²) in [6.07, 6.45) is 0.801. The van der Waals surface area contributed by atoms with Crippen LogP contribution in [0.4, 0.5) is 5.69 Å². The number of carbonyl (C=O) groups is 2. The maximum atomic E-state index is 11.9. The van der Waals surface area contributed by atoms with Crippen LogP contribution < -0.4 is 5.32 Å². The van der Waals surface area contributed by atoms with Crippen LogP contribution in [0.2, 0.25) is 0 Å². The first-order valence-corrected chi connectivity index (χ1v) is 7.00. The molecule has 116 valence electrons. The molecular weight excluding hydrogens is 284 g/mol. The van der Waals surface area contributed by atoms with Crippen molar-refractivity contribution in [2.24, 2.45) is 0 Å². The third kappa shape index (κ3) is 3.52. The van der Waals surface area contributed by atoms with E-state index in [2.05, 4.69) is 10.5 Å². The molecule has 0 saturated heterocycles. The molecule has 0 spiro atoms. The minimum Gasteiger partial charge on any atom is -0.452 e. The van der Waals surface area contributed by atoms with Crippen molar-refractivity contribution < 1.29 is 18.8 Å². The van der Waals surface area contributed by atoms with Gasteiger partial charge in [0.25, 0.3) is 5.91 Å². The van der Waals surface area contributed by atoms with Gasteiger partial charge in [-0.3, -0.25) is 4.79 Å². The van der Waals surface area contributed by atoms with Gasteiger partial charge in [0.05, 0.1) is 5.69 Å². The van der Waals surface area contributed by atoms with Crippen molar-refractivity contribution in [2.75, 3.05) is 11.9 Å². The van der Waals surface area contributed by atoms with Crippen LogP contribution >= 0.6 is 0 Å². The van der Waals surface area contributed by atoms with Crippen molar-refractivity contribution >= 4 is 17.6 Å². The number of hydrogen-bond acceptors (Lipinski definition) is 5. The third-order valence-electron chi connectivity index (χ3n) is 3.24. The Kier molecular flexibility index (Phi) is 4.93. The topological polar surface area (TPSA) is 81.4 Å². The van der Waals surface area contributed by atoms with E-state index >= 15 is 0 Å². The van der Waals surface area contributed by atoms with Gasteiger partial charge in [0.2, 0.25) is 0 Å². The molecule has 0 fully saturated rings. The summed E-state index contributed by atoms with van der Waals surface area (Å²) in [5.74, 6) is -0.629. The summed E-state index contributed by atoms with van der Waals surface area (Å²) in [4.78, 5) is 23.8. The molecule has 2 aromatic rings. The average Bonchev–Trinajstić information content (AvgIpc) is 2.84. The molecule has 22 heavy (non-hydrogen) atoms. The van der Waals surface area contributed by atoms with Gasteiger partial charge in [-0.15, -0.1) is 0 Å². The molecule has 0 aliphatic rings. The van der Waals surface area contributed by atoms with Gasteiger partial charge in [0.15, 0.2) is 6.61 Å². The van der Waals surface area contributed by atoms with Gasteiger partial charge in [0.1, 0.15) is 11.3 Å². The molecule has 0 atom stereocenters. The number of aromatic nitrogens is 1. The second-order valence-electron chi connectivity index (χ2n) is 4.83. The highest BCUT2D eigenvalue weighted by atomic mass is 16.5. The van der Waals surface area contributed by atoms with Crippen molar-refractivity contribution in [1.29, 1.82) is 0 Å². The molecule has 1 N–H and O–H groups in total. The lowest BCUT2D eigenvalue weighted by molar-refractivity contribution is -0.119. The van der Waals surface area contributed by atoms with Gasteiger partial charge >= 0.3 is 5.97 Å². The highest BCUT2D eigenvalue weighted by Gasteiger charge is 2.20. The van der Waals surface area contributed by atoms with E-state index in [0.717, 1.165) is 17.7 Å². The van der Waals surface area contributed by atoms with Crippen LogP contribution in [-0.2, 0) is 16.0 Å². The van der Waals surface area contributed by atoms with Gasteiger partial charge in [-0.25, -0.2) is 4.79 Å². The lowest BCUT2D eigenvalue weighted by atomic mass is 10.1. The molecule has 0 saturated carbocycles. The first-order valence-electron chi connectivity index (χ1n) is 7.00. The zero-order valence-electron chi connectivity index (χ0n) is 12.8. The molecule has 0 aliphatic carbocycles. The summed E-state index contributed by atoms with van der Waals surface area (Å²) >= 11 is 0. The van der Waals surface area contributed by atoms with Gasteiger partial charge in [-0.05, 0) is 31.9 Å². The number of carbonyl (C=O) groups excluding carboxylic acids is 2. The Morgan fingerprint density at radius 1 is 1.27 bits per heavy atom. The molecule has 1 aromatic carbocycles. The van der Waals surface area contributed by atoms with E-state index in [4.69, 9.17) is 9.26 Å². The molecule has 0 radical (unpaired) electrons. The molecule has 6 nitrogen and oxygen atoms in total. The standard InChI is InChI=1S/C16H18N2O4/c1-4-12-7-5-6-8-13(12)17-14(19)9-21-16(20)15-10(2)18-22-11(15)3/h5-8H,4,9H2,1-3H3,(H,17,19). The largest absolute Gasteiger partial charge is 0.452 e. The maximum absolute atomic E-state index is 11.9. The Bertz CT molecular complexity index is 672. The van der Waals surface area contributed by atoms with Crippen molar-refractivity contribution in [3.63, 3.8) is 0 Å². The minimum absolute atomic E-state index is 0.266. The van der Waals surface area contributed by atoms with E-state index in [9.17, 15) is 9.59 Å². The Hall–Kier alpha value is -2.63. The lowest BCUT2D eigenvalue weighted by Crippen LogP contribution is -2.21. The van der Waals surface area contributed by atoms with Crippen molar-refractivity contribution in [1.82, 2.24) is 5.16 Å². The monoisotopic (exact) mass is 302 g/mol. The maximum Gasteiger partial charge on any atom is 0.344 e. The number of para-hydroxylation sites is 1. The number of esters is 1. The number of amides is 1. The molecule has 2 rings (SSSR count). The molecule has 0 aliphatic heterocycles. The third-order valence-corrected chi connectivity index (χ3v) is 3.24. The predicted molar refractivity (Wildman–Crippen MR) is 80.7 cm³/mol. The van der Waals surface area contributed by atoms with E-state index in [0.29, 0.717) is 11.5 Å².